The molecule has 1 amide bonds. The van der Waals surface area contributed by atoms with Crippen LogP contribution >= 0.6 is 11.6 Å². The monoisotopic (exact) mass is 351 g/mol. The second-order valence-corrected chi connectivity index (χ2v) is 5.76. The summed E-state index contributed by atoms with van der Waals surface area (Å²) < 4.78 is 0. The molecule has 0 aliphatic heterocycles. The highest BCUT2D eigenvalue weighted by molar-refractivity contribution is 6.30. The van der Waals surface area contributed by atoms with E-state index in [0.29, 0.717) is 17.3 Å². The number of hydrogen-bond acceptors (Lipinski definition) is 5. The van der Waals surface area contributed by atoms with Crippen LogP contribution in [0.2, 0.25) is 5.02 Å². The first-order chi connectivity index (χ1) is 11.4. The summed E-state index contributed by atoms with van der Waals surface area (Å²) in [5.74, 6) is -1.06. The molecule has 0 saturated heterocycles. The van der Waals surface area contributed by atoms with Gasteiger partial charge in [-0.05, 0) is 42.8 Å². The average Bonchev–Trinajstić information content (AvgIpc) is 3.00. The maximum Gasteiger partial charge on any atom is 0.323 e. The highest BCUT2D eigenvalue weighted by atomic mass is 35.5. The van der Waals surface area contributed by atoms with Gasteiger partial charge in [0.15, 0.2) is 0 Å². The molecule has 8 nitrogen and oxygen atoms in total. The van der Waals surface area contributed by atoms with Crippen molar-refractivity contribution < 1.29 is 14.7 Å². The van der Waals surface area contributed by atoms with Crippen molar-refractivity contribution in [2.75, 3.05) is 6.54 Å². The van der Waals surface area contributed by atoms with Crippen LogP contribution in [0, 0.1) is 0 Å². The minimum absolute atomic E-state index is 0.168. The van der Waals surface area contributed by atoms with Gasteiger partial charge in [-0.25, -0.2) is 0 Å². The Morgan fingerprint density at radius 1 is 1.33 bits per heavy atom. The summed E-state index contributed by atoms with van der Waals surface area (Å²) in [4.78, 5) is 25.8. The lowest BCUT2D eigenvalue weighted by Crippen LogP contribution is -2.43. The number of carboxylic acid groups (broad SMARTS) is 1. The number of tetrazole rings is 1. The zero-order valence-corrected chi connectivity index (χ0v) is 14.1. The average molecular weight is 352 g/mol. The van der Waals surface area contributed by atoms with Gasteiger partial charge in [0, 0.05) is 16.6 Å². The Bertz CT molecular complexity index is 716. The molecule has 0 aliphatic carbocycles. The van der Waals surface area contributed by atoms with E-state index in [1.165, 1.54) is 4.90 Å². The molecule has 0 spiro atoms. The first-order valence-electron chi connectivity index (χ1n) is 7.45. The SMILES string of the molecule is CCC(C)N(CC(=O)O)C(=O)Cn1nnc(-c2ccc(Cl)cc2)n1. The first-order valence-corrected chi connectivity index (χ1v) is 7.83. The molecular formula is C15H18ClN5O3. The molecule has 0 saturated carbocycles. The van der Waals surface area contributed by atoms with Crippen LogP contribution in [0.3, 0.4) is 0 Å². The number of benzene rings is 1. The highest BCUT2D eigenvalue weighted by Gasteiger charge is 2.22. The predicted octanol–water partition coefficient (Wildman–Crippen LogP) is 1.71. The fraction of sp³-hybridized carbons (Fsp3) is 0.400. The number of carbonyl (C=O) groups excluding carboxylic acids is 1. The van der Waals surface area contributed by atoms with Gasteiger partial charge in [0.25, 0.3) is 0 Å². The Hall–Kier alpha value is -2.48. The number of hydrogen-bond donors (Lipinski definition) is 1. The van der Waals surface area contributed by atoms with Crippen molar-refractivity contribution in [1.29, 1.82) is 0 Å². The molecule has 0 radical (unpaired) electrons. The van der Waals surface area contributed by atoms with Gasteiger partial charge >= 0.3 is 5.97 Å². The molecule has 1 unspecified atom stereocenters. The number of aliphatic carboxylic acids is 1. The van der Waals surface area contributed by atoms with Crippen molar-refractivity contribution in [2.45, 2.75) is 32.9 Å². The number of rotatable bonds is 7. The van der Waals surface area contributed by atoms with E-state index in [0.717, 1.165) is 10.4 Å². The van der Waals surface area contributed by atoms with Gasteiger partial charge < -0.3 is 10.0 Å². The smallest absolute Gasteiger partial charge is 0.323 e. The second-order valence-electron chi connectivity index (χ2n) is 5.32. The Morgan fingerprint density at radius 2 is 2.00 bits per heavy atom. The quantitative estimate of drug-likeness (QED) is 0.814. The van der Waals surface area contributed by atoms with Crippen LogP contribution in [-0.2, 0) is 16.1 Å². The molecule has 0 bridgehead atoms. The molecule has 128 valence electrons. The molecule has 0 aliphatic rings. The lowest BCUT2D eigenvalue weighted by Gasteiger charge is -2.26. The van der Waals surface area contributed by atoms with Crippen molar-refractivity contribution in [3.05, 3.63) is 29.3 Å². The number of amides is 1. The minimum atomic E-state index is -1.06. The molecule has 2 aromatic rings. The van der Waals surface area contributed by atoms with Gasteiger partial charge in [0.1, 0.15) is 13.1 Å². The Balaban J connectivity index is 2.11. The summed E-state index contributed by atoms with van der Waals surface area (Å²) in [5, 5.41) is 21.5. The lowest BCUT2D eigenvalue weighted by atomic mass is 10.2. The van der Waals surface area contributed by atoms with Crippen LogP contribution in [0.25, 0.3) is 11.4 Å². The van der Waals surface area contributed by atoms with E-state index in [4.69, 9.17) is 16.7 Å². The van der Waals surface area contributed by atoms with Crippen molar-refractivity contribution in [1.82, 2.24) is 25.1 Å². The van der Waals surface area contributed by atoms with E-state index in [2.05, 4.69) is 15.4 Å². The van der Waals surface area contributed by atoms with Gasteiger partial charge in [0.2, 0.25) is 11.7 Å². The van der Waals surface area contributed by atoms with Gasteiger partial charge in [-0.3, -0.25) is 9.59 Å². The summed E-state index contributed by atoms with van der Waals surface area (Å²) in [7, 11) is 0. The summed E-state index contributed by atoms with van der Waals surface area (Å²) in [6.45, 7) is 3.17. The number of aromatic nitrogens is 4. The van der Waals surface area contributed by atoms with Crippen molar-refractivity contribution in [3.8, 4) is 11.4 Å². The van der Waals surface area contributed by atoms with Crippen molar-refractivity contribution in [2.24, 2.45) is 0 Å². The molecular weight excluding hydrogens is 334 g/mol. The number of halogens is 1. The van der Waals surface area contributed by atoms with Crippen molar-refractivity contribution >= 4 is 23.5 Å². The van der Waals surface area contributed by atoms with Gasteiger partial charge in [-0.15, -0.1) is 10.2 Å². The number of nitrogens with zero attached hydrogens (tertiary/aromatic N) is 5. The Morgan fingerprint density at radius 3 is 2.58 bits per heavy atom. The molecule has 1 aromatic carbocycles. The van der Waals surface area contributed by atoms with E-state index in [-0.39, 0.29) is 25.0 Å². The summed E-state index contributed by atoms with van der Waals surface area (Å²) in [5.41, 5.74) is 0.724. The van der Waals surface area contributed by atoms with Crippen LogP contribution in [0.5, 0.6) is 0 Å². The Kier molecular flexibility index (Phi) is 5.86. The van der Waals surface area contributed by atoms with Crippen molar-refractivity contribution in [3.63, 3.8) is 0 Å². The summed E-state index contributed by atoms with van der Waals surface area (Å²) in [6, 6.07) is 6.73. The fourth-order valence-corrected chi connectivity index (χ4v) is 2.22. The standard InChI is InChI=1S/C15H18ClN5O3/c1-3-10(2)20(9-14(23)24)13(22)8-21-18-15(17-19-21)11-4-6-12(16)7-5-11/h4-7,10H,3,8-9H2,1-2H3,(H,23,24). The van der Waals surface area contributed by atoms with E-state index < -0.39 is 5.97 Å². The molecule has 24 heavy (non-hydrogen) atoms. The first kappa shape index (κ1) is 17.9. The fourth-order valence-electron chi connectivity index (χ4n) is 2.09. The molecule has 2 rings (SSSR count). The zero-order chi connectivity index (χ0) is 17.7. The molecule has 1 heterocycles. The zero-order valence-electron chi connectivity index (χ0n) is 13.4. The van der Waals surface area contributed by atoms with E-state index in [9.17, 15) is 9.59 Å². The predicted molar refractivity (Wildman–Crippen MR) is 87.4 cm³/mol. The molecule has 0 fully saturated rings. The van der Waals surface area contributed by atoms with Crippen LogP contribution in [0.15, 0.2) is 24.3 Å². The third-order valence-corrected chi connectivity index (χ3v) is 3.83. The third-order valence-electron chi connectivity index (χ3n) is 3.58. The maximum atomic E-state index is 12.4. The molecule has 1 aromatic heterocycles. The van der Waals surface area contributed by atoms with Crippen LogP contribution < -0.4 is 0 Å². The number of carbonyl (C=O) groups is 2. The molecule has 9 heteroatoms. The summed E-state index contributed by atoms with van der Waals surface area (Å²) >= 11 is 5.83. The maximum absolute atomic E-state index is 12.4. The van der Waals surface area contributed by atoms with Gasteiger partial charge in [-0.1, -0.05) is 18.5 Å². The molecule has 1 N–H and O–H groups in total. The topological polar surface area (TPSA) is 101 Å². The van der Waals surface area contributed by atoms with Gasteiger partial charge in [0.05, 0.1) is 0 Å². The van der Waals surface area contributed by atoms with Gasteiger partial charge in [-0.2, -0.15) is 4.80 Å². The van der Waals surface area contributed by atoms with E-state index in [1.54, 1.807) is 31.2 Å². The molecule has 1 atom stereocenters. The van der Waals surface area contributed by atoms with E-state index >= 15 is 0 Å². The normalized spacial score (nSPS) is 12.0. The van der Waals surface area contributed by atoms with Crippen LogP contribution in [0.4, 0.5) is 0 Å². The highest BCUT2D eigenvalue weighted by Crippen LogP contribution is 2.17. The summed E-state index contributed by atoms with van der Waals surface area (Å²) in [6.07, 6.45) is 0.653. The third kappa shape index (κ3) is 4.51. The largest absolute Gasteiger partial charge is 0.480 e. The lowest BCUT2D eigenvalue weighted by molar-refractivity contribution is -0.146. The second kappa shape index (κ2) is 7.87. The number of carboxylic acids is 1. The van der Waals surface area contributed by atoms with Crippen LogP contribution in [-0.4, -0.2) is 54.7 Å². The minimum Gasteiger partial charge on any atom is -0.480 e. The Labute approximate surface area is 144 Å². The van der Waals surface area contributed by atoms with E-state index in [1.807, 2.05) is 6.92 Å². The van der Waals surface area contributed by atoms with Crippen LogP contribution in [0.1, 0.15) is 20.3 Å².